The Kier molecular flexibility index (Phi) is 7.69. The summed E-state index contributed by atoms with van der Waals surface area (Å²) in [6, 6.07) is 19.7. The topological polar surface area (TPSA) is 83.9 Å². The normalized spacial score (nSPS) is 12.5. The minimum atomic E-state index is -4.92. The van der Waals surface area contributed by atoms with Gasteiger partial charge in [0.2, 0.25) is 5.91 Å². The van der Waals surface area contributed by atoms with Crippen molar-refractivity contribution >= 4 is 27.8 Å². The molecule has 0 aliphatic rings. The third kappa shape index (κ3) is 5.81. The molecule has 0 aliphatic heterocycles. The lowest BCUT2D eigenvalue weighted by Crippen LogP contribution is -2.38. The maximum Gasteiger partial charge on any atom is 0.419 e. The first kappa shape index (κ1) is 29.7. The minimum absolute atomic E-state index is 0.00564. The molecule has 0 unspecified atom stereocenters. The average molecular weight is 614 g/mol. The summed E-state index contributed by atoms with van der Waals surface area (Å²) < 4.78 is 55.9. The second-order valence-corrected chi connectivity index (χ2v) is 10.9. The van der Waals surface area contributed by atoms with Gasteiger partial charge in [-0.05, 0) is 67.4 Å². The van der Waals surface area contributed by atoms with Crippen LogP contribution in [0.2, 0.25) is 0 Å². The molecule has 45 heavy (non-hydrogen) atoms. The number of para-hydroxylation sites is 1. The van der Waals surface area contributed by atoms with Gasteiger partial charge >= 0.3 is 6.18 Å². The number of carbonyl (C=O) groups excluding carboxylic acids is 1. The fourth-order valence-electron chi connectivity index (χ4n) is 5.46. The number of benzene rings is 3. The molecule has 0 spiro atoms. The van der Waals surface area contributed by atoms with Gasteiger partial charge in [0.25, 0.3) is 5.56 Å². The maximum absolute atomic E-state index is 14.1. The van der Waals surface area contributed by atoms with Gasteiger partial charge in [-0.15, -0.1) is 0 Å². The van der Waals surface area contributed by atoms with Crippen LogP contribution in [0.3, 0.4) is 0 Å². The number of aryl methyl sites for hydroxylation is 1. The predicted molar refractivity (Wildman–Crippen MR) is 162 cm³/mol. The van der Waals surface area contributed by atoms with Crippen molar-refractivity contribution in [2.24, 2.45) is 0 Å². The number of nitrogens with one attached hydrogen (secondary N) is 1. The number of aromatic amines is 1. The Morgan fingerprint density at radius 2 is 1.73 bits per heavy atom. The van der Waals surface area contributed by atoms with Gasteiger partial charge < -0.3 is 9.88 Å². The molecule has 6 aromatic rings. The van der Waals surface area contributed by atoms with E-state index in [-0.39, 0.29) is 34.5 Å². The largest absolute Gasteiger partial charge is 0.419 e. The highest BCUT2D eigenvalue weighted by atomic mass is 19.4. The van der Waals surface area contributed by atoms with Gasteiger partial charge in [0.1, 0.15) is 11.6 Å². The molecule has 3 aromatic carbocycles. The van der Waals surface area contributed by atoms with Gasteiger partial charge in [-0.3, -0.25) is 14.2 Å². The number of carbonyl (C=O) groups is 1. The van der Waals surface area contributed by atoms with Gasteiger partial charge in [0, 0.05) is 29.8 Å². The van der Waals surface area contributed by atoms with Crippen LogP contribution in [-0.4, -0.2) is 30.3 Å². The van der Waals surface area contributed by atoms with Crippen LogP contribution in [0.25, 0.3) is 27.6 Å². The first-order valence-electron chi connectivity index (χ1n) is 14.2. The Bertz CT molecular complexity index is 2100. The lowest BCUT2D eigenvalue weighted by atomic mass is 10.0. The zero-order valence-electron chi connectivity index (χ0n) is 24.3. The van der Waals surface area contributed by atoms with Crippen molar-refractivity contribution in [3.8, 4) is 5.69 Å². The third-order valence-electron chi connectivity index (χ3n) is 7.83. The third-order valence-corrected chi connectivity index (χ3v) is 7.83. The SMILES string of the molecule is Cc1ccc(-n2c([C@@H](C)N(Cc3c[nH]c4ccccc34)C(=O)Cc3ccc(F)c(C(F)(F)F)c3)nc3ncccc3c2=O)cc1. The van der Waals surface area contributed by atoms with Gasteiger partial charge in [-0.1, -0.05) is 42.0 Å². The Hall–Kier alpha value is -5.32. The molecule has 3 heterocycles. The van der Waals surface area contributed by atoms with Crippen molar-refractivity contribution < 1.29 is 22.4 Å². The highest BCUT2D eigenvalue weighted by Crippen LogP contribution is 2.33. The first-order chi connectivity index (χ1) is 21.5. The predicted octanol–water partition coefficient (Wildman–Crippen LogP) is 7.06. The number of rotatable bonds is 7. The Morgan fingerprint density at radius 1 is 1.00 bits per heavy atom. The molecule has 0 saturated heterocycles. The van der Waals surface area contributed by atoms with Crippen molar-refractivity contribution in [2.45, 2.75) is 39.0 Å². The summed E-state index contributed by atoms with van der Waals surface area (Å²) in [5.41, 5.74) is 1.46. The van der Waals surface area contributed by atoms with E-state index in [1.165, 1.54) is 15.7 Å². The first-order valence-corrected chi connectivity index (χ1v) is 14.2. The quantitative estimate of drug-likeness (QED) is 0.196. The van der Waals surface area contributed by atoms with Crippen LogP contribution in [0.15, 0.2) is 96.1 Å². The van der Waals surface area contributed by atoms with Crippen LogP contribution in [0.5, 0.6) is 0 Å². The fourth-order valence-corrected chi connectivity index (χ4v) is 5.46. The molecule has 1 amide bonds. The lowest BCUT2D eigenvalue weighted by molar-refractivity contribution is -0.140. The van der Waals surface area contributed by atoms with E-state index in [0.29, 0.717) is 17.8 Å². The van der Waals surface area contributed by atoms with Crippen LogP contribution < -0.4 is 5.56 Å². The summed E-state index contributed by atoms with van der Waals surface area (Å²) in [6.45, 7) is 3.67. The molecular weight excluding hydrogens is 586 g/mol. The van der Waals surface area contributed by atoms with Crippen LogP contribution in [-0.2, 0) is 23.9 Å². The molecule has 1 atom stereocenters. The van der Waals surface area contributed by atoms with E-state index in [4.69, 9.17) is 4.98 Å². The second-order valence-electron chi connectivity index (χ2n) is 10.9. The molecule has 6 rings (SSSR count). The highest BCUT2D eigenvalue weighted by Gasteiger charge is 2.35. The summed E-state index contributed by atoms with van der Waals surface area (Å²) in [6.07, 6.45) is -2.09. The molecule has 0 aliphatic carbocycles. The zero-order valence-corrected chi connectivity index (χ0v) is 24.3. The van der Waals surface area contributed by atoms with Gasteiger partial charge in [0.05, 0.1) is 29.1 Å². The number of H-pyrrole nitrogens is 1. The van der Waals surface area contributed by atoms with Crippen molar-refractivity contribution in [2.75, 3.05) is 0 Å². The van der Waals surface area contributed by atoms with Crippen LogP contribution in [0.1, 0.15) is 41.0 Å². The molecule has 0 bridgehead atoms. The van der Waals surface area contributed by atoms with Gasteiger partial charge in [-0.25, -0.2) is 14.4 Å². The number of aromatic nitrogens is 4. The Morgan fingerprint density at radius 3 is 2.49 bits per heavy atom. The number of alkyl halides is 3. The molecule has 0 saturated carbocycles. The smallest absolute Gasteiger partial charge is 0.361 e. The number of halogens is 4. The summed E-state index contributed by atoms with van der Waals surface area (Å²) >= 11 is 0. The van der Waals surface area contributed by atoms with E-state index >= 15 is 0 Å². The zero-order chi connectivity index (χ0) is 31.9. The molecule has 228 valence electrons. The summed E-state index contributed by atoms with van der Waals surface area (Å²) in [4.78, 5) is 41.7. The van der Waals surface area contributed by atoms with Crippen molar-refractivity contribution in [1.29, 1.82) is 0 Å². The highest BCUT2D eigenvalue weighted by molar-refractivity contribution is 5.84. The molecular formula is C34H27F4N5O2. The lowest BCUT2D eigenvalue weighted by Gasteiger charge is -2.31. The fraction of sp³-hybridized carbons (Fsp3) is 0.176. The van der Waals surface area contributed by atoms with E-state index < -0.39 is 35.9 Å². The van der Waals surface area contributed by atoms with Gasteiger partial charge in [-0.2, -0.15) is 13.2 Å². The monoisotopic (exact) mass is 613 g/mol. The summed E-state index contributed by atoms with van der Waals surface area (Å²) in [5.74, 6) is -1.74. The molecule has 0 fully saturated rings. The van der Waals surface area contributed by atoms with E-state index in [0.717, 1.165) is 28.1 Å². The molecule has 3 aromatic heterocycles. The number of fused-ring (bicyclic) bond motifs is 2. The standard InChI is InChI=1S/C34H27F4N5O2/c1-20-9-12-24(13-10-20)43-32(41-31-26(33(43)45)7-5-15-39-31)21(2)42(19-23-18-40-29-8-4-3-6-25(23)29)30(44)17-22-11-14-28(35)27(16-22)34(36,37)38/h3-16,18,21,40H,17,19H2,1-2H3/t21-/m1/s1. The molecule has 1 N–H and O–H groups in total. The Labute approximate surface area is 254 Å². The summed E-state index contributed by atoms with van der Waals surface area (Å²) in [5, 5.41) is 1.14. The molecule has 7 nitrogen and oxygen atoms in total. The number of pyridine rings is 1. The van der Waals surface area contributed by atoms with Crippen LogP contribution >= 0.6 is 0 Å². The van der Waals surface area contributed by atoms with Crippen molar-refractivity contribution in [1.82, 2.24) is 24.4 Å². The average Bonchev–Trinajstić information content (AvgIpc) is 3.43. The van der Waals surface area contributed by atoms with Crippen molar-refractivity contribution in [3.05, 3.63) is 136 Å². The molecule has 0 radical (unpaired) electrons. The van der Waals surface area contributed by atoms with Gasteiger partial charge in [0.15, 0.2) is 5.65 Å². The Balaban J connectivity index is 1.49. The van der Waals surface area contributed by atoms with Crippen molar-refractivity contribution in [3.63, 3.8) is 0 Å². The van der Waals surface area contributed by atoms with Crippen LogP contribution in [0.4, 0.5) is 17.6 Å². The molecule has 11 heteroatoms. The second kappa shape index (κ2) is 11.6. The number of hydrogen-bond acceptors (Lipinski definition) is 4. The number of amides is 1. The number of nitrogens with zero attached hydrogens (tertiary/aromatic N) is 4. The number of hydrogen-bond donors (Lipinski definition) is 1. The van der Waals surface area contributed by atoms with Crippen LogP contribution in [0, 0.1) is 12.7 Å². The van der Waals surface area contributed by atoms with E-state index in [9.17, 15) is 27.2 Å². The van der Waals surface area contributed by atoms with E-state index in [1.807, 2.05) is 43.3 Å². The van der Waals surface area contributed by atoms with E-state index in [2.05, 4.69) is 9.97 Å². The summed E-state index contributed by atoms with van der Waals surface area (Å²) in [7, 11) is 0. The minimum Gasteiger partial charge on any atom is -0.361 e. The van der Waals surface area contributed by atoms with E-state index in [1.54, 1.807) is 37.4 Å². The maximum atomic E-state index is 14.1.